The van der Waals surface area contributed by atoms with Crippen LogP contribution in [0.25, 0.3) is 33.1 Å². The van der Waals surface area contributed by atoms with Crippen LogP contribution in [-0.4, -0.2) is 14.7 Å². The highest BCUT2D eigenvalue weighted by atomic mass is 19.1. The van der Waals surface area contributed by atoms with Gasteiger partial charge in [-0.2, -0.15) is 0 Å². The van der Waals surface area contributed by atoms with E-state index >= 15 is 0 Å². The molecule has 0 bridgehead atoms. The van der Waals surface area contributed by atoms with Crippen molar-refractivity contribution >= 4 is 22.0 Å². The van der Waals surface area contributed by atoms with Crippen LogP contribution in [0, 0.1) is 17.5 Å². The van der Waals surface area contributed by atoms with E-state index in [9.17, 15) is 18.0 Å². The molecule has 1 aliphatic carbocycles. The van der Waals surface area contributed by atoms with E-state index in [0.29, 0.717) is 10.9 Å². The summed E-state index contributed by atoms with van der Waals surface area (Å²) in [6.07, 6.45) is 2.70. The number of fused-ring (bicyclic) bond motifs is 3. The predicted octanol–water partition coefficient (Wildman–Crippen LogP) is 4.05. The average molecular weight is 386 g/mol. The number of benzene rings is 2. The summed E-state index contributed by atoms with van der Waals surface area (Å²) in [7, 11) is 0. The summed E-state index contributed by atoms with van der Waals surface area (Å²) >= 11 is 0. The Balaban J connectivity index is 1.86. The minimum atomic E-state index is -0.871. The number of aliphatic hydroxyl groups is 1. The molecule has 1 aliphatic rings. The van der Waals surface area contributed by atoms with Crippen molar-refractivity contribution in [2.75, 3.05) is 0 Å². The zero-order chi connectivity index (χ0) is 19.6. The van der Waals surface area contributed by atoms with Crippen molar-refractivity contribution in [3.8, 4) is 11.1 Å². The van der Waals surface area contributed by atoms with Crippen LogP contribution >= 0.6 is 0 Å². The number of aliphatic hydroxyl groups excluding tert-OH is 1. The Bertz CT molecular complexity index is 1320. The summed E-state index contributed by atoms with van der Waals surface area (Å²) in [4.78, 5) is 16.7. The van der Waals surface area contributed by atoms with E-state index in [4.69, 9.17) is 9.52 Å². The van der Waals surface area contributed by atoms with Gasteiger partial charge in [0.25, 0.3) is 5.56 Å². The van der Waals surface area contributed by atoms with Crippen LogP contribution in [0.15, 0.2) is 39.9 Å². The van der Waals surface area contributed by atoms with Crippen molar-refractivity contribution < 1.29 is 22.7 Å². The highest BCUT2D eigenvalue weighted by Gasteiger charge is 2.29. The summed E-state index contributed by atoms with van der Waals surface area (Å²) in [6.45, 7) is -0.673. The fraction of sp³-hybridized carbons (Fsp3) is 0.200. The number of hydrogen-bond acceptors (Lipinski definition) is 4. The van der Waals surface area contributed by atoms with Gasteiger partial charge in [0.2, 0.25) is 0 Å². The largest absolute Gasteiger partial charge is 0.443 e. The van der Waals surface area contributed by atoms with Crippen molar-refractivity contribution in [2.24, 2.45) is 0 Å². The maximum absolute atomic E-state index is 14.9. The van der Waals surface area contributed by atoms with Gasteiger partial charge in [-0.15, -0.1) is 0 Å². The lowest BCUT2D eigenvalue weighted by atomic mass is 10.00. The smallest absolute Gasteiger partial charge is 0.281 e. The Morgan fingerprint density at radius 3 is 2.50 bits per heavy atom. The van der Waals surface area contributed by atoms with Gasteiger partial charge < -0.3 is 14.1 Å². The van der Waals surface area contributed by atoms with Gasteiger partial charge in [-0.25, -0.2) is 18.2 Å². The first-order valence-electron chi connectivity index (χ1n) is 8.69. The molecule has 2 heterocycles. The molecule has 0 saturated heterocycles. The van der Waals surface area contributed by atoms with E-state index in [1.807, 2.05) is 0 Å². The number of rotatable bonds is 3. The Kier molecular flexibility index (Phi) is 3.60. The SMILES string of the molecule is O=c1c2ncoc2c2cc(F)c(-c3cc(F)c(CO)cc3F)cc2n1C1CC1. The molecule has 8 heteroatoms. The molecule has 0 spiro atoms. The van der Waals surface area contributed by atoms with Gasteiger partial charge in [0.1, 0.15) is 17.5 Å². The second-order valence-electron chi connectivity index (χ2n) is 6.87. The second kappa shape index (κ2) is 5.93. The molecular weight excluding hydrogens is 373 g/mol. The Hall–Kier alpha value is -3.13. The molecule has 142 valence electrons. The van der Waals surface area contributed by atoms with Crippen molar-refractivity contribution in [2.45, 2.75) is 25.5 Å². The monoisotopic (exact) mass is 386 g/mol. The summed E-state index contributed by atoms with van der Waals surface area (Å²) in [5, 5.41) is 9.42. The molecule has 5 nitrogen and oxygen atoms in total. The number of pyridine rings is 1. The molecule has 0 radical (unpaired) electrons. The quantitative estimate of drug-likeness (QED) is 0.577. The Morgan fingerprint density at radius 2 is 1.79 bits per heavy atom. The third kappa shape index (κ3) is 2.37. The number of hydrogen-bond donors (Lipinski definition) is 1. The zero-order valence-electron chi connectivity index (χ0n) is 14.4. The van der Waals surface area contributed by atoms with Gasteiger partial charge in [0.15, 0.2) is 17.5 Å². The summed E-state index contributed by atoms with van der Waals surface area (Å²) < 4.78 is 50.3. The molecule has 0 aliphatic heterocycles. The highest BCUT2D eigenvalue weighted by molar-refractivity contribution is 6.02. The summed E-state index contributed by atoms with van der Waals surface area (Å²) in [5.74, 6) is -2.50. The predicted molar refractivity (Wildman–Crippen MR) is 95.3 cm³/mol. The lowest BCUT2D eigenvalue weighted by Gasteiger charge is -2.13. The third-order valence-corrected chi connectivity index (χ3v) is 5.09. The molecule has 5 rings (SSSR count). The molecule has 28 heavy (non-hydrogen) atoms. The molecule has 1 N–H and O–H groups in total. The van der Waals surface area contributed by atoms with E-state index < -0.39 is 24.1 Å². The van der Waals surface area contributed by atoms with Crippen LogP contribution in [0.2, 0.25) is 0 Å². The van der Waals surface area contributed by atoms with Gasteiger partial charge in [-0.1, -0.05) is 0 Å². The fourth-order valence-corrected chi connectivity index (χ4v) is 3.57. The molecule has 2 aromatic carbocycles. The maximum Gasteiger partial charge on any atom is 0.281 e. The number of nitrogens with zero attached hydrogens (tertiary/aromatic N) is 2. The minimum absolute atomic E-state index is 0.0484. The van der Waals surface area contributed by atoms with E-state index in [0.717, 1.165) is 37.4 Å². The molecule has 4 aromatic rings. The van der Waals surface area contributed by atoms with Gasteiger partial charge in [0.05, 0.1) is 12.1 Å². The standard InChI is InChI=1S/C20H13F3N2O3/c21-14-4-11(15(22)3-9(14)7-26)12-6-17-13(5-16(12)23)19-18(24-8-28-19)20(27)25(17)10-1-2-10/h3-6,8,10,26H,1-2,7H2. The first-order chi connectivity index (χ1) is 13.5. The molecule has 2 aromatic heterocycles. The van der Waals surface area contributed by atoms with Gasteiger partial charge >= 0.3 is 0 Å². The molecule has 1 fully saturated rings. The lowest BCUT2D eigenvalue weighted by molar-refractivity contribution is 0.275. The van der Waals surface area contributed by atoms with E-state index in [1.165, 1.54) is 10.6 Å². The zero-order valence-corrected chi connectivity index (χ0v) is 14.4. The second-order valence-corrected chi connectivity index (χ2v) is 6.87. The number of aromatic nitrogens is 2. The highest BCUT2D eigenvalue weighted by Crippen LogP contribution is 2.39. The maximum atomic E-state index is 14.9. The first-order valence-corrected chi connectivity index (χ1v) is 8.69. The molecular formula is C20H13F3N2O3. The van der Waals surface area contributed by atoms with Crippen LogP contribution in [0.5, 0.6) is 0 Å². The van der Waals surface area contributed by atoms with Gasteiger partial charge in [-0.05, 0) is 37.1 Å². The summed E-state index contributed by atoms with van der Waals surface area (Å²) in [5.41, 5.74) is -0.415. The van der Waals surface area contributed by atoms with Crippen molar-refractivity contribution in [1.29, 1.82) is 0 Å². The van der Waals surface area contributed by atoms with E-state index in [2.05, 4.69) is 4.98 Å². The third-order valence-electron chi connectivity index (χ3n) is 5.09. The van der Waals surface area contributed by atoms with Crippen molar-refractivity contribution in [3.63, 3.8) is 0 Å². The Morgan fingerprint density at radius 1 is 1.07 bits per heavy atom. The normalized spacial score (nSPS) is 14.3. The first kappa shape index (κ1) is 17.0. The molecule has 0 amide bonds. The number of oxazole rings is 1. The average Bonchev–Trinajstić information content (AvgIpc) is 3.38. The van der Waals surface area contributed by atoms with E-state index in [-0.39, 0.29) is 39.4 Å². The van der Waals surface area contributed by atoms with Crippen LogP contribution in [-0.2, 0) is 6.61 Å². The topological polar surface area (TPSA) is 68.3 Å². The van der Waals surface area contributed by atoms with Crippen LogP contribution < -0.4 is 5.56 Å². The van der Waals surface area contributed by atoms with Crippen molar-refractivity contribution in [3.05, 3.63) is 64.0 Å². The molecule has 0 unspecified atom stereocenters. The van der Waals surface area contributed by atoms with Crippen LogP contribution in [0.4, 0.5) is 13.2 Å². The summed E-state index contributed by atoms with van der Waals surface area (Å²) in [6, 6.07) is 4.11. The Labute approximate surface area is 155 Å². The fourth-order valence-electron chi connectivity index (χ4n) is 3.57. The number of halogens is 3. The molecule has 1 saturated carbocycles. The lowest BCUT2D eigenvalue weighted by Crippen LogP contribution is -2.20. The van der Waals surface area contributed by atoms with Crippen LogP contribution in [0.3, 0.4) is 0 Å². The van der Waals surface area contributed by atoms with Crippen LogP contribution in [0.1, 0.15) is 24.4 Å². The minimum Gasteiger partial charge on any atom is -0.443 e. The van der Waals surface area contributed by atoms with Crippen molar-refractivity contribution in [1.82, 2.24) is 9.55 Å². The van der Waals surface area contributed by atoms with Gasteiger partial charge in [0, 0.05) is 28.1 Å². The van der Waals surface area contributed by atoms with Gasteiger partial charge in [-0.3, -0.25) is 4.79 Å². The molecule has 0 atom stereocenters. The van der Waals surface area contributed by atoms with E-state index in [1.54, 1.807) is 0 Å².